The van der Waals surface area contributed by atoms with Gasteiger partial charge in [-0.05, 0) is 64.4 Å². The van der Waals surface area contributed by atoms with Crippen molar-refractivity contribution < 1.29 is 9.53 Å². The van der Waals surface area contributed by atoms with Crippen molar-refractivity contribution in [2.24, 2.45) is 0 Å². The van der Waals surface area contributed by atoms with Gasteiger partial charge in [-0.3, -0.25) is 4.90 Å². The average Bonchev–Trinajstić information content (AvgIpc) is 2.95. The number of carbonyl (C=O) groups excluding carboxylic acids is 1. The van der Waals surface area contributed by atoms with Gasteiger partial charge in [0.25, 0.3) is 0 Å². The van der Waals surface area contributed by atoms with E-state index in [1.807, 2.05) is 20.8 Å². The van der Waals surface area contributed by atoms with Gasteiger partial charge in [-0.2, -0.15) is 0 Å². The first-order valence-corrected chi connectivity index (χ1v) is 8.44. The van der Waals surface area contributed by atoms with Crippen molar-refractivity contribution in [2.45, 2.75) is 45.8 Å². The topological polar surface area (TPSA) is 53.6 Å². The normalized spacial score (nSPS) is 15.4. The highest BCUT2D eigenvalue weighted by Gasteiger charge is 2.15. The van der Waals surface area contributed by atoms with E-state index in [1.165, 1.54) is 31.5 Å². The highest BCUT2D eigenvalue weighted by atomic mass is 16.6. The van der Waals surface area contributed by atoms with Gasteiger partial charge < -0.3 is 15.4 Å². The van der Waals surface area contributed by atoms with Crippen molar-refractivity contribution >= 4 is 11.8 Å². The molecule has 1 fully saturated rings. The lowest BCUT2D eigenvalue weighted by Gasteiger charge is -2.19. The van der Waals surface area contributed by atoms with Crippen LogP contribution in [0, 0.1) is 0 Å². The minimum Gasteiger partial charge on any atom is -0.444 e. The Labute approximate surface area is 139 Å². The monoisotopic (exact) mass is 319 g/mol. The molecule has 0 aliphatic carbocycles. The van der Waals surface area contributed by atoms with Crippen LogP contribution in [0.2, 0.25) is 0 Å². The Kier molecular flexibility index (Phi) is 6.28. The number of amides is 1. The van der Waals surface area contributed by atoms with Crippen molar-refractivity contribution in [3.63, 3.8) is 0 Å². The minimum atomic E-state index is -0.457. The van der Waals surface area contributed by atoms with Crippen LogP contribution < -0.4 is 10.6 Å². The molecule has 0 bridgehead atoms. The van der Waals surface area contributed by atoms with Crippen LogP contribution in [0.3, 0.4) is 0 Å². The molecule has 1 amide bonds. The third kappa shape index (κ3) is 6.91. The molecule has 5 nitrogen and oxygen atoms in total. The van der Waals surface area contributed by atoms with Gasteiger partial charge >= 0.3 is 6.09 Å². The summed E-state index contributed by atoms with van der Waals surface area (Å²) in [5.74, 6) is 0. The number of anilines is 1. The van der Waals surface area contributed by atoms with Crippen molar-refractivity contribution in [1.82, 2.24) is 10.2 Å². The SMILES string of the molecule is CC(C)(C)OC(=O)NCCNc1cccc(CN2CCCC2)c1. The van der Waals surface area contributed by atoms with Gasteiger partial charge in [0.15, 0.2) is 0 Å². The summed E-state index contributed by atoms with van der Waals surface area (Å²) >= 11 is 0. The van der Waals surface area contributed by atoms with Crippen molar-refractivity contribution in [3.8, 4) is 0 Å². The third-order valence-electron chi connectivity index (χ3n) is 3.65. The molecule has 2 N–H and O–H groups in total. The highest BCUT2D eigenvalue weighted by molar-refractivity contribution is 5.67. The van der Waals surface area contributed by atoms with Crippen LogP contribution in [-0.4, -0.2) is 42.8 Å². The first-order valence-electron chi connectivity index (χ1n) is 8.44. The Morgan fingerprint density at radius 3 is 2.65 bits per heavy atom. The van der Waals surface area contributed by atoms with E-state index >= 15 is 0 Å². The number of benzene rings is 1. The Balaban J connectivity index is 1.70. The van der Waals surface area contributed by atoms with E-state index in [0.29, 0.717) is 13.1 Å². The fraction of sp³-hybridized carbons (Fsp3) is 0.611. The lowest BCUT2D eigenvalue weighted by Crippen LogP contribution is -2.35. The first kappa shape index (κ1) is 17.6. The number of carbonyl (C=O) groups is 1. The summed E-state index contributed by atoms with van der Waals surface area (Å²) < 4.78 is 5.20. The fourth-order valence-electron chi connectivity index (χ4n) is 2.66. The predicted octanol–water partition coefficient (Wildman–Crippen LogP) is 3.22. The van der Waals surface area contributed by atoms with E-state index < -0.39 is 5.60 Å². The standard InChI is InChI=1S/C18H29N3O2/c1-18(2,3)23-17(22)20-10-9-19-16-8-6-7-15(13-16)14-21-11-4-5-12-21/h6-8,13,19H,4-5,9-12,14H2,1-3H3,(H,20,22). The minimum absolute atomic E-state index is 0.373. The lowest BCUT2D eigenvalue weighted by atomic mass is 10.2. The molecule has 0 unspecified atom stereocenters. The number of alkyl carbamates (subject to hydrolysis) is 1. The van der Waals surface area contributed by atoms with Gasteiger partial charge in [-0.25, -0.2) is 4.79 Å². The van der Waals surface area contributed by atoms with Crippen molar-refractivity contribution in [2.75, 3.05) is 31.5 Å². The first-order chi connectivity index (χ1) is 10.9. The summed E-state index contributed by atoms with van der Waals surface area (Å²) in [4.78, 5) is 14.0. The second-order valence-corrected chi connectivity index (χ2v) is 7.04. The fourth-order valence-corrected chi connectivity index (χ4v) is 2.66. The molecule has 1 aliphatic rings. The van der Waals surface area contributed by atoms with E-state index in [1.54, 1.807) is 0 Å². The van der Waals surface area contributed by atoms with E-state index in [0.717, 1.165) is 12.2 Å². The van der Waals surface area contributed by atoms with Crippen molar-refractivity contribution in [3.05, 3.63) is 29.8 Å². The summed E-state index contributed by atoms with van der Waals surface area (Å²) in [6.07, 6.45) is 2.25. The van der Waals surface area contributed by atoms with Crippen molar-refractivity contribution in [1.29, 1.82) is 0 Å². The van der Waals surface area contributed by atoms with Crippen LogP contribution in [0.15, 0.2) is 24.3 Å². The van der Waals surface area contributed by atoms with Gasteiger partial charge in [0, 0.05) is 25.3 Å². The molecule has 128 valence electrons. The smallest absolute Gasteiger partial charge is 0.407 e. The molecule has 1 heterocycles. The molecule has 23 heavy (non-hydrogen) atoms. The molecular weight excluding hydrogens is 290 g/mol. The molecule has 0 atom stereocenters. The average molecular weight is 319 g/mol. The van der Waals surface area contributed by atoms with Crippen LogP contribution in [0.1, 0.15) is 39.2 Å². The summed E-state index contributed by atoms with van der Waals surface area (Å²) in [7, 11) is 0. The number of ether oxygens (including phenoxy) is 1. The van der Waals surface area contributed by atoms with E-state index in [-0.39, 0.29) is 6.09 Å². The van der Waals surface area contributed by atoms with Crippen LogP contribution in [0.25, 0.3) is 0 Å². The number of nitrogens with one attached hydrogen (secondary N) is 2. The Morgan fingerprint density at radius 2 is 1.96 bits per heavy atom. The van der Waals surface area contributed by atoms with Gasteiger partial charge in [0.1, 0.15) is 5.60 Å². The quantitative estimate of drug-likeness (QED) is 0.791. The zero-order valence-electron chi connectivity index (χ0n) is 14.5. The van der Waals surface area contributed by atoms with Gasteiger partial charge in [-0.1, -0.05) is 12.1 Å². The largest absolute Gasteiger partial charge is 0.444 e. The van der Waals surface area contributed by atoms with Gasteiger partial charge in [0.05, 0.1) is 0 Å². The van der Waals surface area contributed by atoms with Crippen LogP contribution in [0.4, 0.5) is 10.5 Å². The zero-order valence-corrected chi connectivity index (χ0v) is 14.5. The number of hydrogen-bond donors (Lipinski definition) is 2. The molecule has 1 aromatic carbocycles. The molecule has 1 aliphatic heterocycles. The third-order valence-corrected chi connectivity index (χ3v) is 3.65. The number of nitrogens with zero attached hydrogens (tertiary/aromatic N) is 1. The summed E-state index contributed by atoms with van der Waals surface area (Å²) in [5, 5.41) is 6.09. The van der Waals surface area contributed by atoms with Crippen LogP contribution in [-0.2, 0) is 11.3 Å². The number of likely N-dealkylation sites (tertiary alicyclic amines) is 1. The van der Waals surface area contributed by atoms with Gasteiger partial charge in [-0.15, -0.1) is 0 Å². The second kappa shape index (κ2) is 8.20. The molecule has 0 spiro atoms. The molecule has 0 saturated carbocycles. The second-order valence-electron chi connectivity index (χ2n) is 7.04. The molecule has 5 heteroatoms. The Morgan fingerprint density at radius 1 is 1.22 bits per heavy atom. The maximum Gasteiger partial charge on any atom is 0.407 e. The number of rotatable bonds is 6. The van der Waals surface area contributed by atoms with E-state index in [2.05, 4.69) is 39.8 Å². The molecule has 1 saturated heterocycles. The Hall–Kier alpha value is -1.75. The lowest BCUT2D eigenvalue weighted by molar-refractivity contribution is 0.0530. The van der Waals surface area contributed by atoms with Crippen LogP contribution in [0.5, 0.6) is 0 Å². The van der Waals surface area contributed by atoms with E-state index in [9.17, 15) is 4.79 Å². The summed E-state index contributed by atoms with van der Waals surface area (Å²) in [5.41, 5.74) is 1.96. The maximum absolute atomic E-state index is 11.6. The maximum atomic E-state index is 11.6. The molecule has 1 aromatic rings. The number of hydrogen-bond acceptors (Lipinski definition) is 4. The molecule has 2 rings (SSSR count). The summed E-state index contributed by atoms with van der Waals surface area (Å²) in [6.45, 7) is 10.2. The van der Waals surface area contributed by atoms with E-state index in [4.69, 9.17) is 4.74 Å². The van der Waals surface area contributed by atoms with Crippen LogP contribution >= 0.6 is 0 Å². The van der Waals surface area contributed by atoms with Gasteiger partial charge in [0.2, 0.25) is 0 Å². The zero-order chi connectivity index (χ0) is 16.7. The molecule has 0 aromatic heterocycles. The summed E-state index contributed by atoms with van der Waals surface area (Å²) in [6, 6.07) is 8.49. The highest BCUT2D eigenvalue weighted by Crippen LogP contribution is 2.16. The molecule has 0 radical (unpaired) electrons. The predicted molar refractivity (Wildman–Crippen MR) is 93.7 cm³/mol. The molecular formula is C18H29N3O2. The Bertz CT molecular complexity index is 505.